The number of allylic oxidation sites excluding steroid dienone is 1. The molecule has 0 aromatic rings. The maximum absolute atomic E-state index is 4.96. The van der Waals surface area contributed by atoms with Crippen LogP contribution in [-0.4, -0.2) is 5.04 Å². The first kappa shape index (κ1) is 4.71. The van der Waals surface area contributed by atoms with Gasteiger partial charge in [0.1, 0.15) is 5.04 Å². The molecule has 7 heavy (non-hydrogen) atoms. The van der Waals surface area contributed by atoms with E-state index in [4.69, 9.17) is 5.84 Å². The van der Waals surface area contributed by atoms with Gasteiger partial charge in [-0.2, -0.15) is 5.10 Å². The molecule has 38 valence electrons. The second-order valence-corrected chi connectivity index (χ2v) is 2.20. The lowest BCUT2D eigenvalue weighted by atomic mass is 10.5. The Hall–Kier alpha value is -0.440. The average Bonchev–Trinajstić information content (AvgIpc) is 2.14. The van der Waals surface area contributed by atoms with Crippen LogP contribution in [-0.2, 0) is 0 Å². The lowest BCUT2D eigenvalue weighted by Gasteiger charge is -1.83. The highest BCUT2D eigenvalue weighted by molar-refractivity contribution is 8.16. The summed E-state index contributed by atoms with van der Waals surface area (Å²) in [6.07, 6.45) is 2.96. The molecule has 2 N–H and O–H groups in total. The zero-order valence-electron chi connectivity index (χ0n) is 3.79. The van der Waals surface area contributed by atoms with Crippen molar-refractivity contribution in [3.8, 4) is 0 Å². The smallest absolute Gasteiger partial charge is 0.101 e. The summed E-state index contributed by atoms with van der Waals surface area (Å²) in [5, 5.41) is 6.50. The molecule has 0 aromatic heterocycles. The summed E-state index contributed by atoms with van der Waals surface area (Å²) in [4.78, 5) is 0. The molecule has 0 saturated carbocycles. The van der Waals surface area contributed by atoms with E-state index in [1.165, 1.54) is 0 Å². The zero-order valence-corrected chi connectivity index (χ0v) is 4.61. The van der Waals surface area contributed by atoms with Crippen molar-refractivity contribution in [2.45, 2.75) is 6.42 Å². The molecule has 0 fully saturated rings. The molecule has 0 aliphatic carbocycles. The van der Waals surface area contributed by atoms with E-state index in [1.54, 1.807) is 11.8 Å². The Kier molecular flexibility index (Phi) is 1.36. The van der Waals surface area contributed by atoms with Gasteiger partial charge >= 0.3 is 0 Å². The average molecular weight is 114 g/mol. The molecule has 0 aromatic carbocycles. The Morgan fingerprint density at radius 2 is 2.71 bits per heavy atom. The van der Waals surface area contributed by atoms with Crippen molar-refractivity contribution in [3.05, 3.63) is 11.5 Å². The van der Waals surface area contributed by atoms with Gasteiger partial charge in [0.2, 0.25) is 0 Å². The van der Waals surface area contributed by atoms with E-state index in [-0.39, 0.29) is 0 Å². The van der Waals surface area contributed by atoms with Gasteiger partial charge in [-0.25, -0.2) is 0 Å². The highest BCUT2D eigenvalue weighted by Gasteiger charge is 1.98. The van der Waals surface area contributed by atoms with Crippen LogP contribution in [0.3, 0.4) is 0 Å². The Morgan fingerprint density at radius 1 is 1.86 bits per heavy atom. The van der Waals surface area contributed by atoms with E-state index in [0.717, 1.165) is 11.5 Å². The van der Waals surface area contributed by atoms with Crippen molar-refractivity contribution >= 4 is 16.8 Å². The molecular weight excluding hydrogens is 108 g/mol. The number of hydrogen-bond acceptors (Lipinski definition) is 3. The van der Waals surface area contributed by atoms with Crippen LogP contribution in [0.2, 0.25) is 0 Å². The third kappa shape index (κ3) is 0.962. The first-order chi connectivity index (χ1) is 3.43. The van der Waals surface area contributed by atoms with E-state index in [2.05, 4.69) is 5.10 Å². The molecule has 0 bridgehead atoms. The van der Waals surface area contributed by atoms with E-state index in [1.807, 2.05) is 11.5 Å². The third-order valence-electron chi connectivity index (χ3n) is 0.737. The van der Waals surface area contributed by atoms with Crippen molar-refractivity contribution in [1.29, 1.82) is 0 Å². The molecular formula is C4H6N2S. The SMILES string of the molecule is NN=C1CC=CS1. The summed E-state index contributed by atoms with van der Waals surface area (Å²) in [6.45, 7) is 0. The van der Waals surface area contributed by atoms with E-state index < -0.39 is 0 Å². The van der Waals surface area contributed by atoms with Gasteiger partial charge in [0.15, 0.2) is 0 Å². The first-order valence-electron chi connectivity index (χ1n) is 2.02. The minimum Gasteiger partial charge on any atom is -0.322 e. The normalized spacial score (nSPS) is 24.3. The Balaban J connectivity index is 2.51. The van der Waals surface area contributed by atoms with Crippen molar-refractivity contribution in [3.63, 3.8) is 0 Å². The molecule has 0 radical (unpaired) electrons. The summed E-state index contributed by atoms with van der Waals surface area (Å²) < 4.78 is 0. The molecule has 0 unspecified atom stereocenters. The van der Waals surface area contributed by atoms with Crippen LogP contribution in [0, 0.1) is 0 Å². The summed E-state index contributed by atoms with van der Waals surface area (Å²) in [7, 11) is 0. The molecule has 0 atom stereocenters. The van der Waals surface area contributed by atoms with Crippen LogP contribution >= 0.6 is 11.8 Å². The van der Waals surface area contributed by atoms with Crippen molar-refractivity contribution < 1.29 is 0 Å². The monoisotopic (exact) mass is 114 g/mol. The fraction of sp³-hybridized carbons (Fsp3) is 0.250. The topological polar surface area (TPSA) is 38.4 Å². The molecule has 1 heterocycles. The van der Waals surface area contributed by atoms with Gasteiger partial charge in [-0.3, -0.25) is 0 Å². The number of hydrazone groups is 1. The minimum atomic E-state index is 0.918. The minimum absolute atomic E-state index is 0.918. The molecule has 2 nitrogen and oxygen atoms in total. The fourth-order valence-corrected chi connectivity index (χ4v) is 1.01. The number of rotatable bonds is 0. The van der Waals surface area contributed by atoms with E-state index in [9.17, 15) is 0 Å². The highest BCUT2D eigenvalue weighted by Crippen LogP contribution is 2.16. The summed E-state index contributed by atoms with van der Waals surface area (Å²) >= 11 is 1.59. The van der Waals surface area contributed by atoms with Gasteiger partial charge in [-0.1, -0.05) is 17.8 Å². The Bertz CT molecular complexity index is 107. The number of nitrogens with zero attached hydrogens (tertiary/aromatic N) is 1. The van der Waals surface area contributed by atoms with E-state index in [0.29, 0.717) is 0 Å². The van der Waals surface area contributed by atoms with Crippen molar-refractivity contribution in [2.75, 3.05) is 0 Å². The lowest BCUT2D eigenvalue weighted by Crippen LogP contribution is -1.89. The van der Waals surface area contributed by atoms with Crippen molar-refractivity contribution in [2.24, 2.45) is 10.9 Å². The van der Waals surface area contributed by atoms with Gasteiger partial charge in [0.05, 0.1) is 0 Å². The van der Waals surface area contributed by atoms with Crippen LogP contribution in [0.15, 0.2) is 16.6 Å². The first-order valence-corrected chi connectivity index (χ1v) is 2.90. The van der Waals surface area contributed by atoms with Gasteiger partial charge in [-0.15, -0.1) is 0 Å². The molecule has 1 aliphatic rings. The quantitative estimate of drug-likeness (QED) is 0.375. The highest BCUT2D eigenvalue weighted by atomic mass is 32.2. The predicted molar refractivity (Wildman–Crippen MR) is 33.0 cm³/mol. The van der Waals surface area contributed by atoms with Gasteiger partial charge in [0.25, 0.3) is 0 Å². The van der Waals surface area contributed by atoms with Gasteiger partial charge < -0.3 is 5.84 Å². The van der Waals surface area contributed by atoms with Crippen LogP contribution in [0.4, 0.5) is 0 Å². The summed E-state index contributed by atoms with van der Waals surface area (Å²) in [5.74, 6) is 4.96. The maximum Gasteiger partial charge on any atom is 0.101 e. The standard InChI is InChI=1S/C4H6N2S/c5-6-4-2-1-3-7-4/h1,3H,2,5H2. The number of thioether (sulfide) groups is 1. The van der Waals surface area contributed by atoms with Crippen LogP contribution in [0.1, 0.15) is 6.42 Å². The Morgan fingerprint density at radius 3 is 3.00 bits per heavy atom. The molecule has 0 amide bonds. The largest absolute Gasteiger partial charge is 0.322 e. The Labute approximate surface area is 46.5 Å². The molecule has 1 rings (SSSR count). The van der Waals surface area contributed by atoms with Crippen LogP contribution < -0.4 is 5.84 Å². The number of hydrogen-bond donors (Lipinski definition) is 1. The molecule has 0 saturated heterocycles. The molecule has 1 aliphatic heterocycles. The summed E-state index contributed by atoms with van der Waals surface area (Å²) in [5.41, 5.74) is 0. The summed E-state index contributed by atoms with van der Waals surface area (Å²) in [6, 6.07) is 0. The van der Waals surface area contributed by atoms with E-state index >= 15 is 0 Å². The molecule has 0 spiro atoms. The third-order valence-corrected chi connectivity index (χ3v) is 1.61. The lowest BCUT2D eigenvalue weighted by molar-refractivity contribution is 1.24. The molecule has 3 heteroatoms. The zero-order chi connectivity index (χ0) is 5.11. The maximum atomic E-state index is 4.96. The fourth-order valence-electron chi connectivity index (χ4n) is 0.407. The van der Waals surface area contributed by atoms with Gasteiger partial charge in [-0.05, 0) is 5.41 Å². The van der Waals surface area contributed by atoms with Crippen LogP contribution in [0.5, 0.6) is 0 Å². The second-order valence-electron chi connectivity index (χ2n) is 1.22. The van der Waals surface area contributed by atoms with Crippen molar-refractivity contribution in [1.82, 2.24) is 0 Å². The second kappa shape index (κ2) is 2.02. The van der Waals surface area contributed by atoms with Gasteiger partial charge in [0, 0.05) is 6.42 Å². The van der Waals surface area contributed by atoms with Crippen LogP contribution in [0.25, 0.3) is 0 Å². The number of nitrogens with two attached hydrogens (primary N) is 1. The predicted octanol–water partition coefficient (Wildman–Crippen LogP) is 0.909.